The van der Waals surface area contributed by atoms with E-state index < -0.39 is 0 Å². The van der Waals surface area contributed by atoms with Gasteiger partial charge in [-0.1, -0.05) is 12.1 Å². The van der Waals surface area contributed by atoms with E-state index >= 15 is 0 Å². The topological polar surface area (TPSA) is 87.5 Å². The zero-order chi connectivity index (χ0) is 22.1. The van der Waals surface area contributed by atoms with Crippen LogP contribution >= 0.6 is 0 Å². The fourth-order valence-corrected chi connectivity index (χ4v) is 3.52. The molecule has 3 heterocycles. The van der Waals surface area contributed by atoms with Gasteiger partial charge in [-0.3, -0.25) is 4.79 Å². The van der Waals surface area contributed by atoms with Gasteiger partial charge in [0.05, 0.1) is 11.8 Å². The summed E-state index contributed by atoms with van der Waals surface area (Å²) in [5.74, 6) is 1.84. The molecular weight excluding hydrogens is 408 g/mol. The van der Waals surface area contributed by atoms with Crippen molar-refractivity contribution in [2.45, 2.75) is 26.5 Å². The van der Waals surface area contributed by atoms with E-state index in [2.05, 4.69) is 15.4 Å². The van der Waals surface area contributed by atoms with Crippen LogP contribution in [0, 0.1) is 0 Å². The predicted octanol–water partition coefficient (Wildman–Crippen LogP) is 4.57. The van der Waals surface area contributed by atoms with Crippen molar-refractivity contribution in [2.75, 3.05) is 12.1 Å². The quantitative estimate of drug-likeness (QED) is 0.482. The number of fused-ring (bicyclic) bond motifs is 2. The number of carbonyl (C=O) groups excluding carboxylic acids is 1. The van der Waals surface area contributed by atoms with Crippen LogP contribution in [-0.2, 0) is 6.61 Å². The zero-order valence-corrected chi connectivity index (χ0v) is 17.7. The molecule has 1 amide bonds. The standard InChI is InChI=1S/C24H22N4O4/c1-15(2)28-23-17(12-26-28)9-18(11-25-23)24(29)27-19-5-3-4-16(8-19)13-30-20-6-7-21-22(10-20)32-14-31-21/h3-12,15H,13-14H2,1-2H3,(H,27,29). The van der Waals surface area contributed by atoms with E-state index in [4.69, 9.17) is 14.2 Å². The molecule has 2 aromatic carbocycles. The van der Waals surface area contributed by atoms with Crippen molar-refractivity contribution in [1.29, 1.82) is 0 Å². The number of pyridine rings is 1. The highest BCUT2D eigenvalue weighted by Crippen LogP contribution is 2.35. The first kappa shape index (κ1) is 19.9. The molecule has 0 radical (unpaired) electrons. The summed E-state index contributed by atoms with van der Waals surface area (Å²) in [5, 5.41) is 8.11. The number of aromatic nitrogens is 3. The van der Waals surface area contributed by atoms with Crippen molar-refractivity contribution in [3.05, 3.63) is 72.1 Å². The molecule has 8 heteroatoms. The molecule has 0 aliphatic carbocycles. The van der Waals surface area contributed by atoms with Crippen LogP contribution in [0.15, 0.2) is 60.9 Å². The van der Waals surface area contributed by atoms with Gasteiger partial charge in [0.1, 0.15) is 12.4 Å². The zero-order valence-electron chi connectivity index (χ0n) is 17.7. The number of hydrogen-bond acceptors (Lipinski definition) is 6. The Morgan fingerprint density at radius 2 is 2.00 bits per heavy atom. The molecule has 0 saturated carbocycles. The summed E-state index contributed by atoms with van der Waals surface area (Å²) in [6.07, 6.45) is 3.30. The number of amides is 1. The molecule has 1 aliphatic rings. The lowest BCUT2D eigenvalue weighted by Gasteiger charge is -2.10. The van der Waals surface area contributed by atoms with Crippen LogP contribution in [0.5, 0.6) is 17.2 Å². The molecule has 5 rings (SSSR count). The van der Waals surface area contributed by atoms with Crippen LogP contribution < -0.4 is 19.5 Å². The Labute approximate surface area is 184 Å². The first-order valence-electron chi connectivity index (χ1n) is 10.3. The van der Waals surface area contributed by atoms with Gasteiger partial charge < -0.3 is 19.5 Å². The van der Waals surface area contributed by atoms with Crippen molar-refractivity contribution >= 4 is 22.6 Å². The van der Waals surface area contributed by atoms with E-state index in [-0.39, 0.29) is 18.7 Å². The van der Waals surface area contributed by atoms with Gasteiger partial charge in [0.15, 0.2) is 17.1 Å². The predicted molar refractivity (Wildman–Crippen MR) is 119 cm³/mol. The molecule has 0 bridgehead atoms. The van der Waals surface area contributed by atoms with Crippen molar-refractivity contribution in [2.24, 2.45) is 0 Å². The van der Waals surface area contributed by atoms with Crippen LogP contribution in [0.3, 0.4) is 0 Å². The van der Waals surface area contributed by atoms with Crippen LogP contribution in [0.1, 0.15) is 35.8 Å². The molecule has 1 aliphatic heterocycles. The number of nitrogens with one attached hydrogen (secondary N) is 1. The fourth-order valence-electron chi connectivity index (χ4n) is 3.52. The van der Waals surface area contributed by atoms with Crippen molar-refractivity contribution < 1.29 is 19.0 Å². The van der Waals surface area contributed by atoms with E-state index in [1.807, 2.05) is 54.9 Å². The first-order valence-corrected chi connectivity index (χ1v) is 10.3. The monoisotopic (exact) mass is 430 g/mol. The van der Waals surface area contributed by atoms with Gasteiger partial charge in [0.2, 0.25) is 6.79 Å². The second-order valence-corrected chi connectivity index (χ2v) is 7.78. The minimum Gasteiger partial charge on any atom is -0.489 e. The highest BCUT2D eigenvalue weighted by molar-refractivity contribution is 6.05. The summed E-state index contributed by atoms with van der Waals surface area (Å²) in [6.45, 7) is 4.66. The maximum atomic E-state index is 12.8. The number of hydrogen-bond donors (Lipinski definition) is 1. The molecular formula is C24H22N4O4. The highest BCUT2D eigenvalue weighted by atomic mass is 16.7. The average molecular weight is 430 g/mol. The summed E-state index contributed by atoms with van der Waals surface area (Å²) in [4.78, 5) is 17.2. The number of anilines is 1. The third-order valence-corrected chi connectivity index (χ3v) is 5.12. The lowest BCUT2D eigenvalue weighted by molar-refractivity contribution is 0.102. The van der Waals surface area contributed by atoms with Gasteiger partial charge in [-0.2, -0.15) is 5.10 Å². The summed E-state index contributed by atoms with van der Waals surface area (Å²) < 4.78 is 18.4. The highest BCUT2D eigenvalue weighted by Gasteiger charge is 2.14. The Bertz CT molecular complexity index is 1300. The lowest BCUT2D eigenvalue weighted by atomic mass is 10.2. The largest absolute Gasteiger partial charge is 0.489 e. The van der Waals surface area contributed by atoms with Crippen LogP contribution in [0.25, 0.3) is 11.0 Å². The van der Waals surface area contributed by atoms with Gasteiger partial charge in [0.25, 0.3) is 5.91 Å². The van der Waals surface area contributed by atoms with Gasteiger partial charge >= 0.3 is 0 Å². The maximum Gasteiger partial charge on any atom is 0.257 e. The Hall–Kier alpha value is -4.07. The Morgan fingerprint density at radius 1 is 1.12 bits per heavy atom. The third kappa shape index (κ3) is 3.94. The molecule has 8 nitrogen and oxygen atoms in total. The second kappa shape index (κ2) is 8.22. The molecule has 162 valence electrons. The smallest absolute Gasteiger partial charge is 0.257 e. The van der Waals surface area contributed by atoms with Crippen molar-refractivity contribution in [3.8, 4) is 17.2 Å². The first-order chi connectivity index (χ1) is 15.6. The average Bonchev–Trinajstić information content (AvgIpc) is 3.44. The van der Waals surface area contributed by atoms with Crippen molar-refractivity contribution in [1.82, 2.24) is 14.8 Å². The molecule has 2 aromatic heterocycles. The molecule has 32 heavy (non-hydrogen) atoms. The third-order valence-electron chi connectivity index (χ3n) is 5.12. The van der Waals surface area contributed by atoms with Gasteiger partial charge in [-0.05, 0) is 49.7 Å². The maximum absolute atomic E-state index is 12.8. The van der Waals surface area contributed by atoms with E-state index in [0.717, 1.165) is 16.6 Å². The van der Waals surface area contributed by atoms with E-state index in [9.17, 15) is 4.79 Å². The number of nitrogens with zero attached hydrogens (tertiary/aromatic N) is 3. The molecule has 4 aromatic rings. The summed E-state index contributed by atoms with van der Waals surface area (Å²) in [6, 6.07) is 15.0. The summed E-state index contributed by atoms with van der Waals surface area (Å²) in [7, 11) is 0. The van der Waals surface area contributed by atoms with Crippen LogP contribution in [0.2, 0.25) is 0 Å². The molecule has 0 unspecified atom stereocenters. The molecule has 0 saturated heterocycles. The number of carbonyl (C=O) groups is 1. The number of ether oxygens (including phenoxy) is 3. The van der Waals surface area contributed by atoms with Crippen LogP contribution in [0.4, 0.5) is 5.69 Å². The Balaban J connectivity index is 1.26. The minimum atomic E-state index is -0.231. The van der Waals surface area contributed by atoms with Crippen molar-refractivity contribution in [3.63, 3.8) is 0 Å². The summed E-state index contributed by atoms with van der Waals surface area (Å²) >= 11 is 0. The minimum absolute atomic E-state index is 0.197. The normalized spacial score (nSPS) is 12.3. The van der Waals surface area contributed by atoms with E-state index in [1.165, 1.54) is 0 Å². The fraction of sp³-hybridized carbons (Fsp3) is 0.208. The van der Waals surface area contributed by atoms with E-state index in [0.29, 0.717) is 35.1 Å². The van der Waals surface area contributed by atoms with Gasteiger partial charge in [-0.25, -0.2) is 9.67 Å². The lowest BCUT2D eigenvalue weighted by Crippen LogP contribution is -2.12. The summed E-state index contributed by atoms with van der Waals surface area (Å²) in [5.41, 5.74) is 2.84. The van der Waals surface area contributed by atoms with Gasteiger partial charge in [-0.15, -0.1) is 0 Å². The molecule has 0 atom stereocenters. The Kier molecular flexibility index (Phi) is 5.10. The molecule has 1 N–H and O–H groups in total. The van der Waals surface area contributed by atoms with Gasteiger partial charge in [0, 0.05) is 29.4 Å². The Morgan fingerprint density at radius 3 is 2.88 bits per heavy atom. The SMILES string of the molecule is CC(C)n1ncc2cc(C(=O)Nc3cccc(COc4ccc5c(c4)OCO5)c3)cnc21. The number of rotatable bonds is 6. The second-order valence-electron chi connectivity index (χ2n) is 7.78. The number of benzene rings is 2. The van der Waals surface area contributed by atoms with Crippen LogP contribution in [-0.4, -0.2) is 27.5 Å². The van der Waals surface area contributed by atoms with E-state index in [1.54, 1.807) is 24.5 Å². The molecule has 0 fully saturated rings. The molecule has 0 spiro atoms.